The second-order valence-electron chi connectivity index (χ2n) is 9.32. The van der Waals surface area contributed by atoms with Gasteiger partial charge >= 0.3 is 0 Å². The van der Waals surface area contributed by atoms with Gasteiger partial charge in [0.25, 0.3) is 5.91 Å². The fourth-order valence-corrected chi connectivity index (χ4v) is 4.84. The van der Waals surface area contributed by atoms with Gasteiger partial charge in [-0.2, -0.15) is 0 Å². The largest absolute Gasteiger partial charge is 0.352 e. The smallest absolute Gasteiger partial charge is 0.252 e. The van der Waals surface area contributed by atoms with Crippen molar-refractivity contribution in [1.82, 2.24) is 30.3 Å². The van der Waals surface area contributed by atoms with E-state index < -0.39 is 0 Å². The number of benzene rings is 2. The van der Waals surface area contributed by atoms with Crippen LogP contribution in [0.25, 0.3) is 33.3 Å². The van der Waals surface area contributed by atoms with Crippen molar-refractivity contribution in [1.29, 1.82) is 0 Å². The Labute approximate surface area is 223 Å². The molecule has 0 spiro atoms. The minimum Gasteiger partial charge on any atom is -0.352 e. The van der Waals surface area contributed by atoms with Crippen LogP contribution in [-0.2, 0) is 6.54 Å². The van der Waals surface area contributed by atoms with E-state index >= 15 is 0 Å². The molecule has 3 radical (unpaired) electrons. The first kappa shape index (κ1) is 25.0. The Morgan fingerprint density at radius 3 is 2.70 bits per heavy atom. The van der Waals surface area contributed by atoms with Crippen molar-refractivity contribution in [3.63, 3.8) is 0 Å². The highest BCUT2D eigenvalue weighted by Gasteiger charge is 2.21. The first-order valence-corrected chi connectivity index (χ1v) is 13.2. The lowest BCUT2D eigenvalue weighted by molar-refractivity contribution is 0.0956. The summed E-state index contributed by atoms with van der Waals surface area (Å²) < 4.78 is 1.81. The van der Waals surface area contributed by atoms with E-state index in [1.54, 1.807) is 18.3 Å². The molecule has 2 aromatic carbocycles. The molecule has 5 rings (SSSR count). The highest BCUT2D eigenvalue weighted by molar-refractivity contribution is 6.34. The Kier molecular flexibility index (Phi) is 7.04. The summed E-state index contributed by atoms with van der Waals surface area (Å²) in [5.41, 5.74) is 6.48. The molecule has 0 aliphatic rings. The fraction of sp³-hybridized carbons (Fsp3) is 0.250. The van der Waals surface area contributed by atoms with Crippen molar-refractivity contribution >= 4 is 49.8 Å². The van der Waals surface area contributed by atoms with E-state index in [4.69, 9.17) is 16.6 Å². The third-order valence-corrected chi connectivity index (χ3v) is 7.63. The molecule has 1 amide bonds. The second kappa shape index (κ2) is 10.4. The van der Waals surface area contributed by atoms with Crippen LogP contribution in [0.15, 0.2) is 60.8 Å². The van der Waals surface area contributed by atoms with Gasteiger partial charge in [0.15, 0.2) is 5.65 Å². The van der Waals surface area contributed by atoms with Gasteiger partial charge < -0.3 is 5.32 Å². The van der Waals surface area contributed by atoms with Gasteiger partial charge in [-0.25, -0.2) is 9.67 Å². The minimum absolute atomic E-state index is 0.0341. The summed E-state index contributed by atoms with van der Waals surface area (Å²) in [4.78, 5) is 21.8. The zero-order chi connectivity index (χ0) is 26.1. The van der Waals surface area contributed by atoms with E-state index in [0.717, 1.165) is 38.8 Å². The molecule has 1 unspecified atom stereocenters. The van der Waals surface area contributed by atoms with E-state index in [9.17, 15) is 4.79 Å². The number of carbonyl (C=O) groups is 1. The quantitative estimate of drug-likeness (QED) is 0.289. The molecule has 0 bridgehead atoms. The molecule has 185 valence electrons. The molecule has 1 N–H and O–H groups in total. The summed E-state index contributed by atoms with van der Waals surface area (Å²) in [5.74, 6) is 0.108. The van der Waals surface area contributed by atoms with Crippen molar-refractivity contribution in [3.8, 4) is 11.3 Å². The van der Waals surface area contributed by atoms with Gasteiger partial charge in [-0.15, -0.1) is 5.10 Å². The van der Waals surface area contributed by atoms with Gasteiger partial charge in [0, 0.05) is 33.9 Å². The first-order valence-electron chi connectivity index (χ1n) is 12.2. The number of fused-ring (bicyclic) bond motifs is 2. The summed E-state index contributed by atoms with van der Waals surface area (Å²) in [7, 11) is 3.91. The molecule has 5 aromatic rings. The second-order valence-corrected chi connectivity index (χ2v) is 10.4. The van der Waals surface area contributed by atoms with E-state index in [0.29, 0.717) is 35.2 Å². The Morgan fingerprint density at radius 2 is 1.95 bits per heavy atom. The molecule has 1 atom stereocenters. The highest BCUT2D eigenvalue weighted by Crippen LogP contribution is 2.34. The van der Waals surface area contributed by atoms with Crippen molar-refractivity contribution in [2.45, 2.75) is 32.9 Å². The lowest BCUT2D eigenvalue weighted by Crippen LogP contribution is -2.22. The maximum absolute atomic E-state index is 12.4. The number of nitrogens with one attached hydrogen (secondary N) is 1. The standard InChI is InChI=1S/C28H26ClN6OSi/c1-4-30-28(36)20-9-8-19(13-22(20)29)25-21(26(37)16(2)3)14-24-27(32-25)35(34-33-24)15-17-7-10-23-18(12-17)6-5-11-31-23/h5-14,16,26H,4,15H2,1-3H3,(H,30,36). The molecule has 0 aliphatic carbocycles. The number of rotatable bonds is 7. The lowest BCUT2D eigenvalue weighted by Gasteiger charge is -2.20. The van der Waals surface area contributed by atoms with Gasteiger partial charge in [-0.3, -0.25) is 9.78 Å². The average molecular weight is 526 g/mol. The van der Waals surface area contributed by atoms with E-state index in [1.165, 1.54) is 0 Å². The molecule has 0 saturated carbocycles. The normalized spacial score (nSPS) is 12.4. The number of amides is 1. The maximum atomic E-state index is 12.4. The Hall–Kier alpha value is -3.62. The molecule has 9 heteroatoms. The number of halogens is 1. The van der Waals surface area contributed by atoms with E-state index in [1.807, 2.05) is 48.0 Å². The molecule has 0 saturated heterocycles. The van der Waals surface area contributed by atoms with Crippen molar-refractivity contribution in [2.75, 3.05) is 6.54 Å². The van der Waals surface area contributed by atoms with Gasteiger partial charge in [-0.1, -0.05) is 48.9 Å². The van der Waals surface area contributed by atoms with Gasteiger partial charge in [0.05, 0.1) is 28.3 Å². The van der Waals surface area contributed by atoms with Crippen LogP contribution in [0.5, 0.6) is 0 Å². The number of hydrogen-bond acceptors (Lipinski definition) is 5. The van der Waals surface area contributed by atoms with E-state index in [2.05, 4.69) is 50.8 Å². The molecule has 3 heterocycles. The fourth-order valence-electron chi connectivity index (χ4n) is 4.35. The zero-order valence-corrected chi connectivity index (χ0v) is 22.6. The predicted molar refractivity (Wildman–Crippen MR) is 148 cm³/mol. The summed E-state index contributed by atoms with van der Waals surface area (Å²) >= 11 is 6.55. The van der Waals surface area contributed by atoms with Crippen molar-refractivity contribution < 1.29 is 4.79 Å². The van der Waals surface area contributed by atoms with Gasteiger partial charge in [-0.05, 0) is 65.9 Å². The van der Waals surface area contributed by atoms with Crippen LogP contribution < -0.4 is 5.32 Å². The van der Waals surface area contributed by atoms with E-state index in [-0.39, 0.29) is 11.4 Å². The van der Waals surface area contributed by atoms with Crippen LogP contribution in [-0.4, -0.2) is 47.7 Å². The first-order chi connectivity index (χ1) is 17.9. The average Bonchev–Trinajstić information content (AvgIpc) is 3.28. The summed E-state index contributed by atoms with van der Waals surface area (Å²) in [5, 5.41) is 13.1. The van der Waals surface area contributed by atoms with Gasteiger partial charge in [0.1, 0.15) is 5.52 Å². The number of carbonyl (C=O) groups excluding carboxylic acids is 1. The van der Waals surface area contributed by atoms with Crippen LogP contribution in [0.1, 0.15) is 47.8 Å². The number of nitrogens with zero attached hydrogens (tertiary/aromatic N) is 5. The van der Waals surface area contributed by atoms with Crippen molar-refractivity contribution in [2.24, 2.45) is 5.92 Å². The molecule has 0 fully saturated rings. The SMILES string of the molecule is CCNC(=O)c1ccc(-c2nc3c(cc2C([Si])C(C)C)nnn3Cc2ccc3ncccc3c2)cc1Cl. The summed E-state index contributed by atoms with van der Waals surface area (Å²) in [6.07, 6.45) is 1.79. The predicted octanol–water partition coefficient (Wildman–Crippen LogP) is 5.36. The molecule has 37 heavy (non-hydrogen) atoms. The van der Waals surface area contributed by atoms with Crippen LogP contribution in [0.4, 0.5) is 0 Å². The van der Waals surface area contributed by atoms with Gasteiger partial charge in [0.2, 0.25) is 0 Å². The zero-order valence-electron chi connectivity index (χ0n) is 20.9. The monoisotopic (exact) mass is 525 g/mol. The Balaban J connectivity index is 1.60. The third-order valence-electron chi connectivity index (χ3n) is 6.34. The molecule has 3 aromatic heterocycles. The topological polar surface area (TPSA) is 85.6 Å². The van der Waals surface area contributed by atoms with Crippen molar-refractivity contribution in [3.05, 3.63) is 82.5 Å². The summed E-state index contributed by atoms with van der Waals surface area (Å²) in [6, 6.07) is 17.6. The maximum Gasteiger partial charge on any atom is 0.252 e. The lowest BCUT2D eigenvalue weighted by atomic mass is 9.96. The van der Waals surface area contributed by atoms with Crippen LogP contribution in [0.2, 0.25) is 5.02 Å². The Bertz CT molecular complexity index is 1620. The van der Waals surface area contributed by atoms with Crippen LogP contribution >= 0.6 is 11.6 Å². The third kappa shape index (κ3) is 4.99. The summed E-state index contributed by atoms with van der Waals surface area (Å²) in [6.45, 7) is 7.21. The molecule has 0 aliphatic heterocycles. The molecule has 7 nitrogen and oxygen atoms in total. The molecular weight excluding hydrogens is 500 g/mol. The number of hydrogen-bond donors (Lipinski definition) is 1. The minimum atomic E-state index is -0.198. The van der Waals surface area contributed by atoms with Crippen LogP contribution in [0.3, 0.4) is 0 Å². The Morgan fingerprint density at radius 1 is 1.11 bits per heavy atom. The van der Waals surface area contributed by atoms with Crippen LogP contribution in [0, 0.1) is 5.92 Å². The molecular formula is C28H26ClN6OSi. The number of pyridine rings is 2. The highest BCUT2D eigenvalue weighted by atomic mass is 35.5. The number of aromatic nitrogens is 5.